The van der Waals surface area contributed by atoms with E-state index in [0.29, 0.717) is 35.8 Å². The predicted molar refractivity (Wildman–Crippen MR) is 103 cm³/mol. The van der Waals surface area contributed by atoms with Crippen molar-refractivity contribution in [3.63, 3.8) is 0 Å². The van der Waals surface area contributed by atoms with E-state index in [9.17, 15) is 9.59 Å². The Hall–Kier alpha value is -3.22. The first-order chi connectivity index (χ1) is 13.1. The average Bonchev–Trinajstić information content (AvgIpc) is 2.70. The normalized spacial score (nSPS) is 10.0. The summed E-state index contributed by atoms with van der Waals surface area (Å²) in [5, 5.41) is 5.32. The molecule has 0 aromatic heterocycles. The number of hydrogen-bond donors (Lipinski definition) is 2. The summed E-state index contributed by atoms with van der Waals surface area (Å²) >= 11 is 0. The van der Waals surface area contributed by atoms with Crippen molar-refractivity contribution in [3.05, 3.63) is 48.0 Å². The zero-order valence-electron chi connectivity index (χ0n) is 15.7. The van der Waals surface area contributed by atoms with Crippen molar-refractivity contribution in [2.24, 2.45) is 0 Å². The van der Waals surface area contributed by atoms with Crippen molar-refractivity contribution in [2.75, 3.05) is 33.2 Å². The number of aryl methyl sites for hydroxylation is 1. The summed E-state index contributed by atoms with van der Waals surface area (Å²) in [5.74, 6) is 0.765. The molecular formula is C20H24N2O5. The molecule has 0 heterocycles. The van der Waals surface area contributed by atoms with Crippen LogP contribution in [0.2, 0.25) is 0 Å². The van der Waals surface area contributed by atoms with Crippen LogP contribution in [0.25, 0.3) is 0 Å². The minimum Gasteiger partial charge on any atom is -0.493 e. The van der Waals surface area contributed by atoms with Gasteiger partial charge in [-0.25, -0.2) is 0 Å². The maximum Gasteiger partial charge on any atom is 0.243 e. The van der Waals surface area contributed by atoms with Crippen LogP contribution in [0.5, 0.6) is 17.2 Å². The van der Waals surface area contributed by atoms with Crippen LogP contribution in [0, 0.1) is 0 Å². The zero-order chi connectivity index (χ0) is 19.6. The van der Waals surface area contributed by atoms with E-state index in [1.165, 1.54) is 21.3 Å². The molecule has 0 spiro atoms. The highest BCUT2D eigenvalue weighted by molar-refractivity contribution is 5.95. The topological polar surface area (TPSA) is 85.9 Å². The van der Waals surface area contributed by atoms with Gasteiger partial charge in [0.25, 0.3) is 0 Å². The van der Waals surface area contributed by atoms with Crippen molar-refractivity contribution in [2.45, 2.75) is 12.8 Å². The van der Waals surface area contributed by atoms with Crippen molar-refractivity contribution in [1.82, 2.24) is 5.32 Å². The second-order valence-electron chi connectivity index (χ2n) is 5.72. The fourth-order valence-corrected chi connectivity index (χ4v) is 2.53. The molecule has 2 rings (SSSR count). The summed E-state index contributed by atoms with van der Waals surface area (Å²) in [6.07, 6.45) is 0.947. The van der Waals surface area contributed by atoms with Crippen LogP contribution in [0.3, 0.4) is 0 Å². The summed E-state index contributed by atoms with van der Waals surface area (Å²) in [4.78, 5) is 24.0. The average molecular weight is 372 g/mol. The van der Waals surface area contributed by atoms with Crippen molar-refractivity contribution >= 4 is 17.5 Å². The van der Waals surface area contributed by atoms with Crippen LogP contribution in [0.4, 0.5) is 5.69 Å². The lowest BCUT2D eigenvalue weighted by Crippen LogP contribution is -2.33. The molecule has 7 heteroatoms. The van der Waals surface area contributed by atoms with Crippen molar-refractivity contribution in [1.29, 1.82) is 0 Å². The van der Waals surface area contributed by atoms with Crippen LogP contribution in [-0.2, 0) is 16.0 Å². The molecule has 144 valence electrons. The maximum absolute atomic E-state index is 12.1. The minimum atomic E-state index is -0.350. The number of carbonyl (C=O) groups is 2. The Morgan fingerprint density at radius 1 is 0.889 bits per heavy atom. The van der Waals surface area contributed by atoms with Crippen molar-refractivity contribution < 1.29 is 23.8 Å². The number of nitrogens with one attached hydrogen (secondary N) is 2. The summed E-state index contributed by atoms with van der Waals surface area (Å²) in [6.45, 7) is -0.121. The standard InChI is InChI=1S/C20H24N2O5/c1-25-16-11-15(12-17(26-2)20(16)27-3)22-19(24)13-21-18(23)10-9-14-7-5-4-6-8-14/h4-8,11-12H,9-10,13H2,1-3H3,(H,21,23)(H,22,24). The molecule has 0 saturated heterocycles. The fraction of sp³-hybridized carbons (Fsp3) is 0.300. The SMILES string of the molecule is COc1cc(NC(=O)CNC(=O)CCc2ccccc2)cc(OC)c1OC. The molecule has 7 nitrogen and oxygen atoms in total. The Balaban J connectivity index is 1.87. The molecule has 0 aliphatic rings. The Labute approximate surface area is 158 Å². The molecule has 2 amide bonds. The van der Waals surface area contributed by atoms with Crippen molar-refractivity contribution in [3.8, 4) is 17.2 Å². The number of hydrogen-bond acceptors (Lipinski definition) is 5. The highest BCUT2D eigenvalue weighted by Crippen LogP contribution is 2.39. The maximum atomic E-state index is 12.1. The van der Waals surface area contributed by atoms with E-state index < -0.39 is 0 Å². The third-order valence-electron chi connectivity index (χ3n) is 3.88. The van der Waals surface area contributed by atoms with Crippen LogP contribution >= 0.6 is 0 Å². The van der Waals surface area contributed by atoms with Gasteiger partial charge in [-0.15, -0.1) is 0 Å². The third kappa shape index (κ3) is 5.91. The monoisotopic (exact) mass is 372 g/mol. The quantitative estimate of drug-likeness (QED) is 0.706. The van der Waals surface area contributed by atoms with E-state index in [4.69, 9.17) is 14.2 Å². The summed E-state index contributed by atoms with van der Waals surface area (Å²) in [7, 11) is 4.50. The Kier molecular flexibility index (Phi) is 7.49. The predicted octanol–water partition coefficient (Wildman–Crippen LogP) is 2.40. The van der Waals surface area contributed by atoms with Gasteiger partial charge in [0.15, 0.2) is 11.5 Å². The van der Waals surface area contributed by atoms with Gasteiger partial charge in [-0.05, 0) is 12.0 Å². The number of ether oxygens (including phenoxy) is 3. The van der Waals surface area contributed by atoms with E-state index in [1.54, 1.807) is 12.1 Å². The molecular weight excluding hydrogens is 348 g/mol. The highest BCUT2D eigenvalue weighted by Gasteiger charge is 2.14. The molecule has 0 atom stereocenters. The summed E-state index contributed by atoms with van der Waals surface area (Å²) in [6, 6.07) is 13.0. The number of methoxy groups -OCH3 is 3. The summed E-state index contributed by atoms with van der Waals surface area (Å²) in [5.41, 5.74) is 1.56. The van der Waals surface area contributed by atoms with E-state index in [0.717, 1.165) is 5.56 Å². The molecule has 0 unspecified atom stereocenters. The molecule has 2 aromatic carbocycles. The second kappa shape index (κ2) is 10.1. The van der Waals surface area contributed by atoms with Crippen LogP contribution < -0.4 is 24.8 Å². The molecule has 0 radical (unpaired) electrons. The first-order valence-electron chi connectivity index (χ1n) is 8.47. The van der Waals surface area contributed by atoms with Gasteiger partial charge < -0.3 is 24.8 Å². The summed E-state index contributed by atoms with van der Waals surface area (Å²) < 4.78 is 15.7. The number of amides is 2. The van der Waals surface area contributed by atoms with Gasteiger partial charge in [0.2, 0.25) is 17.6 Å². The van der Waals surface area contributed by atoms with Crippen LogP contribution in [0.15, 0.2) is 42.5 Å². The van der Waals surface area contributed by atoms with Crippen LogP contribution in [0.1, 0.15) is 12.0 Å². The smallest absolute Gasteiger partial charge is 0.243 e. The van der Waals surface area contributed by atoms with Gasteiger partial charge in [0, 0.05) is 24.2 Å². The first kappa shape index (κ1) is 20.1. The Morgan fingerprint density at radius 3 is 2.07 bits per heavy atom. The molecule has 0 aliphatic heterocycles. The molecule has 0 fully saturated rings. The van der Waals surface area contributed by atoms with Gasteiger partial charge in [-0.2, -0.15) is 0 Å². The third-order valence-corrected chi connectivity index (χ3v) is 3.88. The lowest BCUT2D eigenvalue weighted by atomic mass is 10.1. The highest BCUT2D eigenvalue weighted by atomic mass is 16.5. The number of carbonyl (C=O) groups excluding carboxylic acids is 2. The van der Waals surface area contributed by atoms with Gasteiger partial charge in [-0.1, -0.05) is 30.3 Å². The molecule has 0 aliphatic carbocycles. The van der Waals surface area contributed by atoms with Gasteiger partial charge in [0.05, 0.1) is 27.9 Å². The zero-order valence-corrected chi connectivity index (χ0v) is 15.7. The second-order valence-corrected chi connectivity index (χ2v) is 5.72. The lowest BCUT2D eigenvalue weighted by Gasteiger charge is -2.14. The fourth-order valence-electron chi connectivity index (χ4n) is 2.53. The van der Waals surface area contributed by atoms with E-state index in [2.05, 4.69) is 10.6 Å². The van der Waals surface area contributed by atoms with Gasteiger partial charge in [-0.3, -0.25) is 9.59 Å². The largest absolute Gasteiger partial charge is 0.493 e. The van der Waals surface area contributed by atoms with E-state index in [1.807, 2.05) is 30.3 Å². The molecule has 27 heavy (non-hydrogen) atoms. The van der Waals surface area contributed by atoms with Crippen LogP contribution in [-0.4, -0.2) is 39.7 Å². The van der Waals surface area contributed by atoms with E-state index >= 15 is 0 Å². The number of rotatable bonds is 9. The molecule has 0 saturated carbocycles. The lowest BCUT2D eigenvalue weighted by molar-refractivity contribution is -0.124. The molecule has 2 N–H and O–H groups in total. The molecule has 0 bridgehead atoms. The van der Waals surface area contributed by atoms with Gasteiger partial charge >= 0.3 is 0 Å². The molecule has 2 aromatic rings. The van der Waals surface area contributed by atoms with Gasteiger partial charge in [0.1, 0.15) is 0 Å². The Bertz CT molecular complexity index is 752. The van der Waals surface area contributed by atoms with E-state index in [-0.39, 0.29) is 18.4 Å². The Morgan fingerprint density at radius 2 is 1.52 bits per heavy atom. The minimum absolute atomic E-state index is 0.121. The number of anilines is 1. The number of benzene rings is 2. The first-order valence-corrected chi connectivity index (χ1v) is 8.47.